The molecule has 0 amide bonds. The van der Waals surface area contributed by atoms with Gasteiger partial charge in [-0.2, -0.15) is 5.10 Å². The van der Waals surface area contributed by atoms with Crippen LogP contribution < -0.4 is 5.32 Å². The molecule has 1 heterocycles. The van der Waals surface area contributed by atoms with E-state index in [4.69, 9.17) is 9.47 Å². The van der Waals surface area contributed by atoms with E-state index in [9.17, 15) is 0 Å². The summed E-state index contributed by atoms with van der Waals surface area (Å²) in [6, 6.07) is 10.1. The van der Waals surface area contributed by atoms with Gasteiger partial charge in [0.15, 0.2) is 6.29 Å². The lowest BCUT2D eigenvalue weighted by Gasteiger charge is -2.17. The topological polar surface area (TPSA) is 48.3 Å². The molecule has 0 saturated carbocycles. The molecule has 5 nitrogen and oxygen atoms in total. The van der Waals surface area contributed by atoms with Crippen LogP contribution in [0, 0.1) is 0 Å². The Balaban J connectivity index is 2.03. The highest BCUT2D eigenvalue weighted by atomic mass is 16.7. The Kier molecular flexibility index (Phi) is 4.94. The van der Waals surface area contributed by atoms with E-state index in [-0.39, 0.29) is 6.29 Å². The van der Waals surface area contributed by atoms with Crippen molar-refractivity contribution in [3.05, 3.63) is 48.3 Å². The van der Waals surface area contributed by atoms with Gasteiger partial charge < -0.3 is 14.8 Å². The molecule has 1 N–H and O–H groups in total. The summed E-state index contributed by atoms with van der Waals surface area (Å²) in [5, 5.41) is 7.56. The van der Waals surface area contributed by atoms with Crippen LogP contribution in [0.15, 0.2) is 42.7 Å². The minimum Gasteiger partial charge on any atom is -0.380 e. The second kappa shape index (κ2) is 6.92. The van der Waals surface area contributed by atoms with Gasteiger partial charge >= 0.3 is 0 Å². The first-order valence-corrected chi connectivity index (χ1v) is 6.18. The first-order chi connectivity index (χ1) is 9.33. The Morgan fingerprint density at radius 1 is 1.21 bits per heavy atom. The Bertz CT molecular complexity index is 481. The molecule has 0 bridgehead atoms. The van der Waals surface area contributed by atoms with Crippen molar-refractivity contribution in [1.29, 1.82) is 0 Å². The molecule has 0 atom stereocenters. The van der Waals surface area contributed by atoms with E-state index in [0.717, 1.165) is 12.2 Å². The zero-order valence-electron chi connectivity index (χ0n) is 11.2. The lowest BCUT2D eigenvalue weighted by molar-refractivity contribution is -0.0914. The molecule has 0 spiro atoms. The zero-order chi connectivity index (χ0) is 13.5. The smallest absolute Gasteiger partial charge is 0.173 e. The molecule has 0 saturated heterocycles. The van der Waals surface area contributed by atoms with Crippen LogP contribution in [0.25, 0.3) is 0 Å². The van der Waals surface area contributed by atoms with Crippen LogP contribution in [-0.4, -0.2) is 36.8 Å². The fourth-order valence-electron chi connectivity index (χ4n) is 1.86. The predicted molar refractivity (Wildman–Crippen MR) is 74.1 cm³/mol. The van der Waals surface area contributed by atoms with Crippen molar-refractivity contribution in [1.82, 2.24) is 9.78 Å². The van der Waals surface area contributed by atoms with Gasteiger partial charge in [0.2, 0.25) is 0 Å². The maximum atomic E-state index is 5.16. The first kappa shape index (κ1) is 13.6. The Hall–Kier alpha value is -1.85. The van der Waals surface area contributed by atoms with Gasteiger partial charge in [0.25, 0.3) is 0 Å². The minimum atomic E-state index is -0.252. The number of rotatable bonds is 7. The number of nitrogens with zero attached hydrogens (tertiary/aromatic N) is 2. The summed E-state index contributed by atoms with van der Waals surface area (Å²) in [5.41, 5.74) is 2.24. The van der Waals surface area contributed by atoms with E-state index in [1.54, 1.807) is 20.4 Å². The number of nitrogens with one attached hydrogen (secondary N) is 1. The van der Waals surface area contributed by atoms with Crippen molar-refractivity contribution in [2.45, 2.75) is 12.8 Å². The fraction of sp³-hybridized carbons (Fsp3) is 0.357. The van der Waals surface area contributed by atoms with Crippen molar-refractivity contribution < 1.29 is 9.47 Å². The zero-order valence-corrected chi connectivity index (χ0v) is 11.2. The molecular weight excluding hydrogens is 242 g/mol. The normalized spacial score (nSPS) is 10.9. The first-order valence-electron chi connectivity index (χ1n) is 6.18. The second-order valence-electron chi connectivity index (χ2n) is 4.14. The van der Waals surface area contributed by atoms with Gasteiger partial charge in [0.05, 0.1) is 13.1 Å². The van der Waals surface area contributed by atoms with Crippen molar-refractivity contribution in [3.63, 3.8) is 0 Å². The summed E-state index contributed by atoms with van der Waals surface area (Å²) >= 11 is 0. The van der Waals surface area contributed by atoms with Crippen LogP contribution in [0.1, 0.15) is 5.56 Å². The van der Waals surface area contributed by atoms with Crippen LogP contribution in [-0.2, 0) is 16.0 Å². The Morgan fingerprint density at radius 3 is 2.68 bits per heavy atom. The van der Waals surface area contributed by atoms with E-state index in [2.05, 4.69) is 16.5 Å². The third-order valence-electron chi connectivity index (χ3n) is 2.89. The SMILES string of the molecule is COC(CNc1ccccc1Cn1cccn1)OC. The number of aromatic nitrogens is 2. The highest BCUT2D eigenvalue weighted by Gasteiger charge is 2.07. The molecule has 0 unspecified atom stereocenters. The van der Waals surface area contributed by atoms with E-state index < -0.39 is 0 Å². The van der Waals surface area contributed by atoms with Crippen LogP contribution in [0.3, 0.4) is 0 Å². The number of anilines is 1. The molecule has 1 aromatic carbocycles. The standard InChI is InChI=1S/C14H19N3O2/c1-18-14(19-2)10-15-13-7-4-3-6-12(13)11-17-9-5-8-16-17/h3-9,14-15H,10-11H2,1-2H3. The molecule has 2 aromatic rings. The molecule has 102 valence electrons. The molecular formula is C14H19N3O2. The summed E-state index contributed by atoms with van der Waals surface area (Å²) in [5.74, 6) is 0. The highest BCUT2D eigenvalue weighted by molar-refractivity contribution is 5.51. The van der Waals surface area contributed by atoms with Crippen molar-refractivity contribution in [2.24, 2.45) is 0 Å². The van der Waals surface area contributed by atoms with Crippen molar-refractivity contribution >= 4 is 5.69 Å². The van der Waals surface area contributed by atoms with Gasteiger partial charge in [-0.15, -0.1) is 0 Å². The third-order valence-corrected chi connectivity index (χ3v) is 2.89. The molecule has 0 radical (unpaired) electrons. The summed E-state index contributed by atoms with van der Waals surface area (Å²) < 4.78 is 12.2. The average molecular weight is 261 g/mol. The van der Waals surface area contributed by atoms with Gasteiger partial charge in [-0.05, 0) is 17.7 Å². The van der Waals surface area contributed by atoms with Crippen molar-refractivity contribution in [3.8, 4) is 0 Å². The number of hydrogen-bond acceptors (Lipinski definition) is 4. The molecule has 1 aromatic heterocycles. The van der Waals surface area contributed by atoms with Crippen LogP contribution in [0.5, 0.6) is 0 Å². The van der Waals surface area contributed by atoms with Gasteiger partial charge in [-0.3, -0.25) is 4.68 Å². The van der Waals surface area contributed by atoms with E-state index in [1.165, 1.54) is 5.56 Å². The van der Waals surface area contributed by atoms with Gasteiger partial charge in [-0.1, -0.05) is 18.2 Å². The maximum absolute atomic E-state index is 5.16. The average Bonchev–Trinajstić information content (AvgIpc) is 2.94. The predicted octanol–water partition coefficient (Wildman–Crippen LogP) is 1.96. The molecule has 0 aliphatic rings. The third kappa shape index (κ3) is 3.81. The van der Waals surface area contributed by atoms with E-state index >= 15 is 0 Å². The van der Waals surface area contributed by atoms with Crippen LogP contribution >= 0.6 is 0 Å². The minimum absolute atomic E-state index is 0.252. The summed E-state index contributed by atoms with van der Waals surface area (Å²) in [6.45, 7) is 1.34. The molecule has 0 aliphatic heterocycles. The lowest BCUT2D eigenvalue weighted by atomic mass is 10.2. The van der Waals surface area contributed by atoms with Crippen LogP contribution in [0.4, 0.5) is 5.69 Å². The summed E-state index contributed by atoms with van der Waals surface area (Å²) in [6.07, 6.45) is 3.48. The van der Waals surface area contributed by atoms with Crippen molar-refractivity contribution in [2.75, 3.05) is 26.1 Å². The van der Waals surface area contributed by atoms with Crippen LogP contribution in [0.2, 0.25) is 0 Å². The maximum Gasteiger partial charge on any atom is 0.173 e. The molecule has 5 heteroatoms. The second-order valence-corrected chi connectivity index (χ2v) is 4.14. The molecule has 0 fully saturated rings. The lowest BCUT2D eigenvalue weighted by Crippen LogP contribution is -2.24. The number of benzene rings is 1. The molecule has 0 aliphatic carbocycles. The molecule has 19 heavy (non-hydrogen) atoms. The quantitative estimate of drug-likeness (QED) is 0.774. The summed E-state index contributed by atoms with van der Waals surface area (Å²) in [7, 11) is 3.26. The number of methoxy groups -OCH3 is 2. The number of ether oxygens (including phenoxy) is 2. The van der Waals surface area contributed by atoms with E-state index in [1.807, 2.05) is 35.1 Å². The fourth-order valence-corrected chi connectivity index (χ4v) is 1.86. The Morgan fingerprint density at radius 2 is 2.00 bits per heavy atom. The van der Waals surface area contributed by atoms with E-state index in [0.29, 0.717) is 6.54 Å². The largest absolute Gasteiger partial charge is 0.380 e. The number of hydrogen-bond donors (Lipinski definition) is 1. The molecule has 2 rings (SSSR count). The Labute approximate surface area is 113 Å². The highest BCUT2D eigenvalue weighted by Crippen LogP contribution is 2.16. The van der Waals surface area contributed by atoms with Gasteiger partial charge in [-0.25, -0.2) is 0 Å². The number of para-hydroxylation sites is 1. The summed E-state index contributed by atoms with van der Waals surface area (Å²) in [4.78, 5) is 0. The van der Waals surface area contributed by atoms with Gasteiger partial charge in [0, 0.05) is 32.3 Å². The van der Waals surface area contributed by atoms with Gasteiger partial charge in [0.1, 0.15) is 0 Å². The monoisotopic (exact) mass is 261 g/mol.